The third kappa shape index (κ3) is 1.76. The van der Waals surface area contributed by atoms with Crippen LogP contribution in [0.4, 0.5) is 0 Å². The fraction of sp³-hybridized carbons (Fsp3) is 0. The Morgan fingerprint density at radius 1 is 1.36 bits per heavy atom. The number of benzene rings is 1. The minimum atomic E-state index is -3.35. The summed E-state index contributed by atoms with van der Waals surface area (Å²) in [5.41, 5.74) is 0. The number of nitrogens with two attached hydrogens (primary N) is 1. The molecule has 1 aromatic carbocycles. The Morgan fingerprint density at radius 2 is 1.91 bits per heavy atom. The third-order valence-corrected chi connectivity index (χ3v) is 2.37. The van der Waals surface area contributed by atoms with E-state index in [1.807, 2.05) is 0 Å². The number of hydrogen-bond acceptors (Lipinski definition) is 2. The van der Waals surface area contributed by atoms with E-state index in [-0.39, 0.29) is 4.90 Å². The van der Waals surface area contributed by atoms with Crippen LogP contribution in [0.1, 0.15) is 0 Å². The lowest BCUT2D eigenvalue weighted by Gasteiger charge is -1.98. The molecule has 3 N–H and O–H groups in total. The van der Waals surface area contributed by atoms with E-state index in [0.29, 0.717) is 0 Å². The minimum Gasteiger partial charge on any atom is -0.296 e. The molecule has 0 heterocycles. The highest BCUT2D eigenvalue weighted by atomic mass is 32.2. The maximum Gasteiger partial charge on any atom is 0.206 e. The van der Waals surface area contributed by atoms with Crippen molar-refractivity contribution < 1.29 is 8.76 Å². The molecule has 0 aliphatic carbocycles. The van der Waals surface area contributed by atoms with Gasteiger partial charge in [-0.3, -0.25) is 4.55 Å². The molecular weight excluding hydrogens is 164 g/mol. The molecule has 1 atom stereocenters. The zero-order valence-electron chi connectivity index (χ0n) is 5.68. The van der Waals surface area contributed by atoms with Crippen LogP contribution in [0.3, 0.4) is 0 Å². The Balaban J connectivity index is 3.25. The van der Waals surface area contributed by atoms with Gasteiger partial charge in [0.15, 0.2) is 0 Å². The normalized spacial score (nSPS) is 15.5. The average molecular weight is 172 g/mol. The first-order chi connectivity index (χ1) is 5.17. The van der Waals surface area contributed by atoms with Gasteiger partial charge in [-0.2, -0.15) is 0 Å². The highest BCUT2D eigenvalue weighted by Gasteiger charge is 2.04. The number of rotatable bonds is 1. The lowest BCUT2D eigenvalue weighted by atomic mass is 10.4. The molecule has 5 heteroatoms. The molecule has 0 spiro atoms. The molecule has 0 aromatic heterocycles. The molecule has 0 saturated heterocycles. The van der Waals surface area contributed by atoms with E-state index in [4.69, 9.17) is 10.4 Å². The van der Waals surface area contributed by atoms with Crippen LogP contribution in [-0.2, 0) is 10.0 Å². The molecule has 60 valence electrons. The Hall–Kier alpha value is -0.910. The van der Waals surface area contributed by atoms with Gasteiger partial charge in [0, 0.05) is 0 Å². The van der Waals surface area contributed by atoms with Gasteiger partial charge in [-0.05, 0) is 12.1 Å². The zero-order chi connectivity index (χ0) is 8.32. The topological polar surface area (TPSA) is 75.7 Å². The predicted octanol–water partition coefficient (Wildman–Crippen LogP) is 0.860. The SMILES string of the molecule is NN=S(=O)(O)c1ccccc1. The first kappa shape index (κ1) is 8.19. The van der Waals surface area contributed by atoms with Crippen molar-refractivity contribution in [2.75, 3.05) is 0 Å². The summed E-state index contributed by atoms with van der Waals surface area (Å²) in [6, 6.07) is 8.04. The minimum absolute atomic E-state index is 0.225. The van der Waals surface area contributed by atoms with E-state index in [0.717, 1.165) is 0 Å². The van der Waals surface area contributed by atoms with Crippen LogP contribution in [-0.4, -0.2) is 8.76 Å². The third-order valence-electron chi connectivity index (χ3n) is 1.19. The molecule has 0 aliphatic heterocycles. The smallest absolute Gasteiger partial charge is 0.206 e. The first-order valence-electron chi connectivity index (χ1n) is 2.90. The fourth-order valence-electron chi connectivity index (χ4n) is 0.659. The van der Waals surface area contributed by atoms with Gasteiger partial charge >= 0.3 is 0 Å². The molecule has 11 heavy (non-hydrogen) atoms. The van der Waals surface area contributed by atoms with Crippen molar-refractivity contribution in [3.8, 4) is 0 Å². The second-order valence-electron chi connectivity index (χ2n) is 1.92. The summed E-state index contributed by atoms with van der Waals surface area (Å²) < 4.78 is 22.9. The average Bonchev–Trinajstić information content (AvgIpc) is 2.06. The van der Waals surface area contributed by atoms with Crippen LogP contribution in [0.2, 0.25) is 0 Å². The van der Waals surface area contributed by atoms with Crippen LogP contribution < -0.4 is 5.84 Å². The van der Waals surface area contributed by atoms with Crippen LogP contribution in [0.15, 0.2) is 39.7 Å². The molecular formula is C6H8N2O2S. The lowest BCUT2D eigenvalue weighted by molar-refractivity contribution is 0.549. The van der Waals surface area contributed by atoms with Crippen molar-refractivity contribution in [2.45, 2.75) is 4.90 Å². The van der Waals surface area contributed by atoms with Crippen LogP contribution in [0.25, 0.3) is 0 Å². The first-order valence-corrected chi connectivity index (χ1v) is 4.38. The summed E-state index contributed by atoms with van der Waals surface area (Å²) in [6.07, 6.45) is 0. The van der Waals surface area contributed by atoms with E-state index >= 15 is 0 Å². The molecule has 0 amide bonds. The predicted molar refractivity (Wildman–Crippen MR) is 42.1 cm³/mol. The fourth-order valence-corrected chi connectivity index (χ4v) is 1.29. The van der Waals surface area contributed by atoms with Gasteiger partial charge in [0.25, 0.3) is 0 Å². The van der Waals surface area contributed by atoms with Crippen molar-refractivity contribution in [2.24, 2.45) is 10.3 Å². The molecule has 0 bridgehead atoms. The zero-order valence-corrected chi connectivity index (χ0v) is 6.49. The van der Waals surface area contributed by atoms with Gasteiger partial charge in [0.2, 0.25) is 10.0 Å². The number of hydrogen-bond donors (Lipinski definition) is 2. The summed E-state index contributed by atoms with van der Waals surface area (Å²) in [6.45, 7) is 0. The maximum atomic E-state index is 11.0. The molecule has 1 rings (SSSR count). The maximum absolute atomic E-state index is 11.0. The molecule has 4 nitrogen and oxygen atoms in total. The Morgan fingerprint density at radius 3 is 2.36 bits per heavy atom. The quantitative estimate of drug-likeness (QED) is 0.487. The molecule has 1 unspecified atom stereocenters. The monoisotopic (exact) mass is 172 g/mol. The molecule has 0 radical (unpaired) electrons. The van der Waals surface area contributed by atoms with Crippen molar-refractivity contribution in [3.63, 3.8) is 0 Å². The van der Waals surface area contributed by atoms with Gasteiger partial charge in [-0.15, -0.1) is 4.47 Å². The van der Waals surface area contributed by atoms with Crippen LogP contribution in [0, 0.1) is 0 Å². The second-order valence-corrected chi connectivity index (χ2v) is 3.59. The molecule has 0 saturated carbocycles. The van der Waals surface area contributed by atoms with Crippen molar-refractivity contribution >= 4 is 10.0 Å². The second kappa shape index (κ2) is 3.00. The molecule has 0 fully saturated rings. The van der Waals surface area contributed by atoms with E-state index in [2.05, 4.69) is 4.47 Å². The van der Waals surface area contributed by atoms with Gasteiger partial charge in [-0.1, -0.05) is 18.2 Å². The summed E-state index contributed by atoms with van der Waals surface area (Å²) in [5.74, 6) is 4.74. The standard InChI is InChI=1S/C6H8N2O2S/c7-8-11(9,10)6-4-2-1-3-5-6/h1-5H,7H2,(H,8,9,10). The highest BCUT2D eigenvalue weighted by Crippen LogP contribution is 2.07. The summed E-state index contributed by atoms with van der Waals surface area (Å²) in [5, 5.41) is 0. The Kier molecular flexibility index (Phi) is 2.23. The van der Waals surface area contributed by atoms with Crippen molar-refractivity contribution in [1.82, 2.24) is 0 Å². The van der Waals surface area contributed by atoms with Crippen molar-refractivity contribution in [3.05, 3.63) is 30.3 Å². The summed E-state index contributed by atoms with van der Waals surface area (Å²) in [4.78, 5) is 0.225. The van der Waals surface area contributed by atoms with E-state index < -0.39 is 10.0 Å². The Labute approximate surface area is 65.0 Å². The summed E-state index contributed by atoms with van der Waals surface area (Å²) >= 11 is 0. The van der Waals surface area contributed by atoms with Gasteiger partial charge < -0.3 is 0 Å². The van der Waals surface area contributed by atoms with Gasteiger partial charge in [0.05, 0.1) is 4.90 Å². The van der Waals surface area contributed by atoms with Crippen LogP contribution >= 0.6 is 0 Å². The van der Waals surface area contributed by atoms with E-state index in [9.17, 15) is 4.21 Å². The number of nitrogens with zero attached hydrogens (tertiary/aromatic N) is 1. The van der Waals surface area contributed by atoms with Crippen LogP contribution in [0.5, 0.6) is 0 Å². The van der Waals surface area contributed by atoms with Gasteiger partial charge in [0.1, 0.15) is 0 Å². The van der Waals surface area contributed by atoms with Crippen molar-refractivity contribution in [1.29, 1.82) is 0 Å². The Bertz CT molecular complexity index is 341. The largest absolute Gasteiger partial charge is 0.296 e. The van der Waals surface area contributed by atoms with E-state index in [1.165, 1.54) is 12.1 Å². The van der Waals surface area contributed by atoms with Gasteiger partial charge in [-0.25, -0.2) is 10.1 Å². The molecule has 1 aromatic rings. The summed E-state index contributed by atoms with van der Waals surface area (Å²) in [7, 11) is -3.35. The van der Waals surface area contributed by atoms with E-state index in [1.54, 1.807) is 18.2 Å². The highest BCUT2D eigenvalue weighted by molar-refractivity contribution is 7.88. The molecule has 0 aliphatic rings. The lowest BCUT2D eigenvalue weighted by Crippen LogP contribution is -2.01.